The van der Waals surface area contributed by atoms with E-state index in [2.05, 4.69) is 24.9 Å². The van der Waals surface area contributed by atoms with E-state index in [9.17, 15) is 4.79 Å². The maximum Gasteiger partial charge on any atom is 0.232 e. The summed E-state index contributed by atoms with van der Waals surface area (Å²) in [6, 6.07) is 5.94. The molecule has 0 aliphatic heterocycles. The number of benzene rings is 1. The summed E-state index contributed by atoms with van der Waals surface area (Å²) in [4.78, 5) is 17.2. The Kier molecular flexibility index (Phi) is 3.83. The molecule has 0 fully saturated rings. The van der Waals surface area contributed by atoms with Crippen LogP contribution in [0.3, 0.4) is 0 Å². The van der Waals surface area contributed by atoms with Gasteiger partial charge in [-0.1, -0.05) is 19.9 Å². The molecular formula is C21H22N2O2. The van der Waals surface area contributed by atoms with Gasteiger partial charge in [0.2, 0.25) is 5.78 Å². The number of rotatable bonds is 3. The lowest BCUT2D eigenvalue weighted by Crippen LogP contribution is -2.08. The SMILES string of the molecule is CC(C)c1ccncc1C(=O)c1oc2ccc3c(c2c1N)CCCC3. The van der Waals surface area contributed by atoms with E-state index < -0.39 is 0 Å². The Morgan fingerprint density at radius 3 is 2.80 bits per heavy atom. The van der Waals surface area contributed by atoms with Crippen LogP contribution in [0.15, 0.2) is 35.0 Å². The van der Waals surface area contributed by atoms with Crippen LogP contribution in [0.5, 0.6) is 0 Å². The van der Waals surface area contributed by atoms with Gasteiger partial charge in [0.1, 0.15) is 5.58 Å². The number of pyridine rings is 1. The minimum absolute atomic E-state index is 0.185. The highest BCUT2D eigenvalue weighted by molar-refractivity contribution is 6.15. The van der Waals surface area contributed by atoms with E-state index in [-0.39, 0.29) is 17.5 Å². The summed E-state index contributed by atoms with van der Waals surface area (Å²) in [5, 5.41) is 0.926. The minimum atomic E-state index is -0.185. The monoisotopic (exact) mass is 334 g/mol. The van der Waals surface area contributed by atoms with Crippen molar-refractivity contribution in [2.45, 2.75) is 45.4 Å². The Hall–Kier alpha value is -2.62. The fourth-order valence-electron chi connectivity index (χ4n) is 3.85. The van der Waals surface area contributed by atoms with Gasteiger partial charge in [-0.25, -0.2) is 0 Å². The largest absolute Gasteiger partial charge is 0.450 e. The predicted molar refractivity (Wildman–Crippen MR) is 99.0 cm³/mol. The second-order valence-electron chi connectivity index (χ2n) is 7.08. The van der Waals surface area contributed by atoms with Gasteiger partial charge < -0.3 is 10.2 Å². The average Bonchev–Trinajstić information content (AvgIpc) is 2.98. The number of aryl methyl sites for hydroxylation is 2. The summed E-state index contributed by atoms with van der Waals surface area (Å²) < 4.78 is 5.91. The first-order chi connectivity index (χ1) is 12.1. The molecule has 25 heavy (non-hydrogen) atoms. The topological polar surface area (TPSA) is 69.1 Å². The van der Waals surface area contributed by atoms with Gasteiger partial charge in [-0.3, -0.25) is 9.78 Å². The molecule has 0 atom stereocenters. The van der Waals surface area contributed by atoms with Crippen molar-refractivity contribution in [3.05, 3.63) is 58.6 Å². The summed E-state index contributed by atoms with van der Waals surface area (Å²) in [5.74, 6) is 0.277. The summed E-state index contributed by atoms with van der Waals surface area (Å²) in [5.41, 5.74) is 11.7. The van der Waals surface area contributed by atoms with Crippen LogP contribution in [-0.4, -0.2) is 10.8 Å². The number of furan rings is 1. The van der Waals surface area contributed by atoms with Gasteiger partial charge in [0.25, 0.3) is 0 Å². The fourth-order valence-corrected chi connectivity index (χ4v) is 3.85. The molecule has 0 unspecified atom stereocenters. The second kappa shape index (κ2) is 6.03. The number of nitrogen functional groups attached to an aromatic ring is 1. The van der Waals surface area contributed by atoms with Gasteiger partial charge >= 0.3 is 0 Å². The Balaban J connectivity index is 1.88. The highest BCUT2D eigenvalue weighted by Gasteiger charge is 2.26. The van der Waals surface area contributed by atoms with Crippen molar-refractivity contribution in [3.63, 3.8) is 0 Å². The normalized spacial score (nSPS) is 14.0. The zero-order valence-electron chi connectivity index (χ0n) is 14.6. The number of nitrogens with two attached hydrogens (primary N) is 1. The van der Waals surface area contributed by atoms with Crippen molar-refractivity contribution < 1.29 is 9.21 Å². The summed E-state index contributed by atoms with van der Waals surface area (Å²) in [7, 11) is 0. The zero-order chi connectivity index (χ0) is 17.6. The molecule has 2 heterocycles. The van der Waals surface area contributed by atoms with Crippen molar-refractivity contribution in [1.29, 1.82) is 0 Å². The quantitative estimate of drug-likeness (QED) is 0.708. The van der Waals surface area contributed by atoms with Gasteiger partial charge in [0.05, 0.1) is 5.69 Å². The van der Waals surface area contributed by atoms with E-state index in [1.165, 1.54) is 17.5 Å². The van der Waals surface area contributed by atoms with E-state index in [1.54, 1.807) is 12.4 Å². The Labute approximate surface area is 147 Å². The van der Waals surface area contributed by atoms with E-state index in [0.717, 1.165) is 30.2 Å². The molecule has 2 N–H and O–H groups in total. The fraction of sp³-hybridized carbons (Fsp3) is 0.333. The van der Waals surface area contributed by atoms with E-state index in [4.69, 9.17) is 10.2 Å². The lowest BCUT2D eigenvalue weighted by molar-refractivity contribution is 0.101. The second-order valence-corrected chi connectivity index (χ2v) is 7.08. The Morgan fingerprint density at radius 2 is 2.00 bits per heavy atom. The van der Waals surface area contributed by atoms with Crippen LogP contribution in [0.25, 0.3) is 11.0 Å². The third-order valence-corrected chi connectivity index (χ3v) is 5.15. The number of hydrogen-bond donors (Lipinski definition) is 1. The highest BCUT2D eigenvalue weighted by Crippen LogP contribution is 2.37. The van der Waals surface area contributed by atoms with Crippen LogP contribution < -0.4 is 5.73 Å². The number of carbonyl (C=O) groups excluding carboxylic acids is 1. The number of hydrogen-bond acceptors (Lipinski definition) is 4. The molecule has 0 radical (unpaired) electrons. The maximum absolute atomic E-state index is 13.1. The maximum atomic E-state index is 13.1. The first kappa shape index (κ1) is 15.9. The number of nitrogens with zero attached hydrogens (tertiary/aromatic N) is 1. The Bertz CT molecular complexity index is 969. The van der Waals surface area contributed by atoms with E-state index in [0.29, 0.717) is 16.8 Å². The molecule has 0 spiro atoms. The van der Waals surface area contributed by atoms with Gasteiger partial charge in [-0.05, 0) is 60.4 Å². The van der Waals surface area contributed by atoms with Gasteiger partial charge in [0.15, 0.2) is 5.76 Å². The molecule has 0 bridgehead atoms. The molecule has 3 aromatic rings. The summed E-state index contributed by atoms with van der Waals surface area (Å²) in [6.07, 6.45) is 7.74. The van der Waals surface area contributed by atoms with Gasteiger partial charge in [0, 0.05) is 23.3 Å². The number of carbonyl (C=O) groups is 1. The number of ketones is 1. The van der Waals surface area contributed by atoms with E-state index in [1.807, 2.05) is 12.1 Å². The predicted octanol–water partition coefficient (Wildman–Crippen LogP) is 4.64. The van der Waals surface area contributed by atoms with Gasteiger partial charge in [-0.2, -0.15) is 0 Å². The van der Waals surface area contributed by atoms with Crippen LogP contribution in [0.1, 0.15) is 65.4 Å². The molecular weight excluding hydrogens is 312 g/mol. The standard InChI is InChI=1S/C21H22N2O2/c1-12(2)14-9-10-23-11-16(14)20(24)21-19(22)18-15-6-4-3-5-13(15)7-8-17(18)25-21/h7-12H,3-6,22H2,1-2H3. The Morgan fingerprint density at radius 1 is 1.20 bits per heavy atom. The van der Waals surface area contributed by atoms with Crippen LogP contribution in [-0.2, 0) is 12.8 Å². The first-order valence-electron chi connectivity index (χ1n) is 8.89. The third-order valence-electron chi connectivity index (χ3n) is 5.15. The summed E-state index contributed by atoms with van der Waals surface area (Å²) >= 11 is 0. The molecule has 2 aromatic heterocycles. The average molecular weight is 334 g/mol. The molecule has 0 saturated heterocycles. The lowest BCUT2D eigenvalue weighted by Gasteiger charge is -2.16. The molecule has 0 amide bonds. The minimum Gasteiger partial charge on any atom is -0.450 e. The van der Waals surface area contributed by atoms with Crippen molar-refractivity contribution in [2.24, 2.45) is 0 Å². The lowest BCUT2D eigenvalue weighted by atomic mass is 9.88. The highest BCUT2D eigenvalue weighted by atomic mass is 16.3. The molecule has 1 aliphatic carbocycles. The molecule has 128 valence electrons. The number of fused-ring (bicyclic) bond motifs is 3. The van der Waals surface area contributed by atoms with E-state index >= 15 is 0 Å². The summed E-state index contributed by atoms with van der Waals surface area (Å²) in [6.45, 7) is 4.12. The number of anilines is 1. The third kappa shape index (κ3) is 2.53. The molecule has 0 saturated carbocycles. The van der Waals surface area contributed by atoms with Crippen molar-refractivity contribution in [1.82, 2.24) is 4.98 Å². The van der Waals surface area contributed by atoms with Crippen LogP contribution >= 0.6 is 0 Å². The van der Waals surface area contributed by atoms with Crippen LogP contribution in [0.4, 0.5) is 5.69 Å². The molecule has 4 rings (SSSR count). The number of aromatic nitrogens is 1. The zero-order valence-corrected chi connectivity index (χ0v) is 14.6. The molecule has 4 nitrogen and oxygen atoms in total. The van der Waals surface area contributed by atoms with Gasteiger partial charge in [-0.15, -0.1) is 0 Å². The van der Waals surface area contributed by atoms with Crippen molar-refractivity contribution in [2.75, 3.05) is 5.73 Å². The smallest absolute Gasteiger partial charge is 0.232 e. The van der Waals surface area contributed by atoms with Crippen molar-refractivity contribution in [3.8, 4) is 0 Å². The van der Waals surface area contributed by atoms with Crippen molar-refractivity contribution >= 4 is 22.4 Å². The van der Waals surface area contributed by atoms with Crippen LogP contribution in [0.2, 0.25) is 0 Å². The molecule has 1 aromatic carbocycles. The first-order valence-corrected chi connectivity index (χ1v) is 8.89. The van der Waals surface area contributed by atoms with Crippen LogP contribution in [0, 0.1) is 0 Å². The molecule has 1 aliphatic rings. The molecule has 4 heteroatoms.